The van der Waals surface area contributed by atoms with Gasteiger partial charge in [0.1, 0.15) is 17.4 Å². The molecule has 6 rings (SSSR count). The van der Waals surface area contributed by atoms with Gasteiger partial charge >= 0.3 is 0 Å². The highest BCUT2D eigenvalue weighted by Crippen LogP contribution is 2.56. The SMILES string of the molecule is C=C=C(C)C(=O)N1CCN(C2=C3C[C@H]3C(c3ccc(NC(=O)c4ccccn4)c(C)c3)=C3C(N)=NC=CN32)C1. The smallest absolute Gasteiger partial charge is 0.274 e. The number of pyridine rings is 1. The number of anilines is 1. The minimum Gasteiger partial charge on any atom is -0.382 e. The number of amides is 2. The van der Waals surface area contributed by atoms with Gasteiger partial charge in [-0.3, -0.25) is 19.5 Å². The summed E-state index contributed by atoms with van der Waals surface area (Å²) in [5, 5.41) is 2.97. The van der Waals surface area contributed by atoms with Gasteiger partial charge in [-0.15, -0.1) is 5.73 Å². The summed E-state index contributed by atoms with van der Waals surface area (Å²) in [6.07, 6.45) is 6.17. The Morgan fingerprint density at radius 3 is 2.79 bits per heavy atom. The molecule has 2 fully saturated rings. The first-order valence-corrected chi connectivity index (χ1v) is 12.9. The third-order valence-corrected chi connectivity index (χ3v) is 7.55. The van der Waals surface area contributed by atoms with Gasteiger partial charge in [0.25, 0.3) is 11.8 Å². The van der Waals surface area contributed by atoms with Crippen molar-refractivity contribution in [3.05, 3.63) is 107 Å². The lowest BCUT2D eigenvalue weighted by atomic mass is 9.93. The number of nitrogens with one attached hydrogen (secondary N) is 1. The van der Waals surface area contributed by atoms with Gasteiger partial charge in [-0.25, -0.2) is 4.99 Å². The van der Waals surface area contributed by atoms with Crippen LogP contribution in [0.2, 0.25) is 0 Å². The molecule has 4 heterocycles. The molecule has 1 saturated carbocycles. The molecule has 3 N–H and O–H groups in total. The van der Waals surface area contributed by atoms with Crippen LogP contribution >= 0.6 is 0 Å². The third-order valence-electron chi connectivity index (χ3n) is 7.55. The van der Waals surface area contributed by atoms with E-state index < -0.39 is 0 Å². The lowest BCUT2D eigenvalue weighted by molar-refractivity contribution is -0.126. The maximum Gasteiger partial charge on any atom is 0.274 e. The number of nitrogens with zero attached hydrogens (tertiary/aromatic N) is 5. The lowest BCUT2D eigenvalue weighted by Crippen LogP contribution is -2.40. The fraction of sp³-hybridized carbons (Fsp3) is 0.233. The van der Waals surface area contributed by atoms with Crippen molar-refractivity contribution in [3.8, 4) is 0 Å². The number of aryl methyl sites for hydroxylation is 1. The average Bonchev–Trinajstić information content (AvgIpc) is 3.59. The van der Waals surface area contributed by atoms with Gasteiger partial charge < -0.3 is 20.9 Å². The van der Waals surface area contributed by atoms with Crippen LogP contribution in [0.25, 0.3) is 5.57 Å². The predicted octanol–water partition coefficient (Wildman–Crippen LogP) is 3.58. The van der Waals surface area contributed by atoms with E-state index in [1.807, 2.05) is 30.2 Å². The first-order valence-electron chi connectivity index (χ1n) is 12.9. The summed E-state index contributed by atoms with van der Waals surface area (Å²) in [5.74, 6) is 1.47. The molecule has 2 aromatic rings. The first kappa shape index (κ1) is 24.5. The van der Waals surface area contributed by atoms with Crippen LogP contribution in [-0.2, 0) is 4.79 Å². The van der Waals surface area contributed by atoms with Crippen molar-refractivity contribution < 1.29 is 9.59 Å². The highest BCUT2D eigenvalue weighted by molar-refractivity contribution is 6.07. The van der Waals surface area contributed by atoms with Crippen molar-refractivity contribution in [3.63, 3.8) is 0 Å². The minimum absolute atomic E-state index is 0.0429. The van der Waals surface area contributed by atoms with Gasteiger partial charge in [-0.1, -0.05) is 18.7 Å². The number of hydrogen-bond acceptors (Lipinski definition) is 7. The zero-order chi connectivity index (χ0) is 27.3. The van der Waals surface area contributed by atoms with Gasteiger partial charge in [0.15, 0.2) is 0 Å². The number of amidine groups is 1. The summed E-state index contributed by atoms with van der Waals surface area (Å²) in [6, 6.07) is 11.3. The summed E-state index contributed by atoms with van der Waals surface area (Å²) >= 11 is 0. The Bertz CT molecular complexity index is 1580. The van der Waals surface area contributed by atoms with Crippen LogP contribution in [0.15, 0.2) is 95.0 Å². The number of benzene rings is 1. The Morgan fingerprint density at radius 1 is 1.21 bits per heavy atom. The molecule has 0 spiro atoms. The van der Waals surface area contributed by atoms with E-state index in [-0.39, 0.29) is 17.7 Å². The molecule has 39 heavy (non-hydrogen) atoms. The molecule has 1 aromatic carbocycles. The molecule has 196 valence electrons. The van der Waals surface area contributed by atoms with Gasteiger partial charge in [-0.2, -0.15) is 0 Å². The quantitative estimate of drug-likeness (QED) is 0.462. The second kappa shape index (κ2) is 9.45. The van der Waals surface area contributed by atoms with Crippen LogP contribution < -0.4 is 11.1 Å². The Labute approximate surface area is 227 Å². The standard InChI is InChI=1S/C30H29N7O2/c1-4-18(2)30(39)36-14-13-35(17-36)29-22-16-21(22)25(26-27(31)33-11-12-37(26)29)20-8-9-23(19(3)15-20)34-28(38)24-7-5-6-10-32-24/h5-12,15,21H,1,13-14,16-17H2,2-3H3,(H2,31,33)(H,34,38)/t21-/m1/s1. The molecular formula is C30H29N7O2. The lowest BCUT2D eigenvalue weighted by Gasteiger charge is -2.37. The Kier molecular flexibility index (Phi) is 5.93. The monoisotopic (exact) mass is 519 g/mol. The molecule has 0 bridgehead atoms. The summed E-state index contributed by atoms with van der Waals surface area (Å²) in [4.78, 5) is 40.1. The summed E-state index contributed by atoms with van der Waals surface area (Å²) in [7, 11) is 0. The van der Waals surface area contributed by atoms with E-state index in [4.69, 9.17) is 5.73 Å². The number of aliphatic imine (C=N–C) groups is 1. The molecule has 4 aliphatic rings. The molecule has 0 radical (unpaired) electrons. The molecule has 2 amide bonds. The van der Waals surface area contributed by atoms with E-state index in [0.29, 0.717) is 30.3 Å². The van der Waals surface area contributed by atoms with E-state index in [1.165, 1.54) is 5.57 Å². The Balaban J connectivity index is 1.30. The molecule has 1 saturated heterocycles. The number of allylic oxidation sites excluding steroid dienone is 2. The zero-order valence-corrected chi connectivity index (χ0v) is 21.9. The highest BCUT2D eigenvalue weighted by Gasteiger charge is 2.48. The fourth-order valence-electron chi connectivity index (χ4n) is 5.48. The zero-order valence-electron chi connectivity index (χ0n) is 21.9. The predicted molar refractivity (Wildman–Crippen MR) is 150 cm³/mol. The second-order valence-electron chi connectivity index (χ2n) is 10.0. The van der Waals surface area contributed by atoms with E-state index >= 15 is 0 Å². The van der Waals surface area contributed by atoms with Crippen molar-refractivity contribution in [1.82, 2.24) is 19.7 Å². The van der Waals surface area contributed by atoms with E-state index in [1.54, 1.807) is 37.5 Å². The van der Waals surface area contributed by atoms with Crippen LogP contribution in [0.3, 0.4) is 0 Å². The van der Waals surface area contributed by atoms with Gasteiger partial charge in [-0.05, 0) is 66.8 Å². The molecule has 1 atom stereocenters. The van der Waals surface area contributed by atoms with Crippen LogP contribution in [-0.4, -0.2) is 57.1 Å². The van der Waals surface area contributed by atoms with E-state index in [9.17, 15) is 9.59 Å². The Morgan fingerprint density at radius 2 is 2.05 bits per heavy atom. The third kappa shape index (κ3) is 4.23. The largest absolute Gasteiger partial charge is 0.382 e. The number of rotatable bonds is 5. The number of carbonyl (C=O) groups is 2. The normalized spacial score (nSPS) is 19.4. The first-order chi connectivity index (χ1) is 18.9. The van der Waals surface area contributed by atoms with Gasteiger partial charge in [0.2, 0.25) is 0 Å². The van der Waals surface area contributed by atoms with Crippen molar-refractivity contribution >= 4 is 28.9 Å². The molecule has 9 heteroatoms. The van der Waals surface area contributed by atoms with E-state index in [0.717, 1.165) is 46.9 Å². The Hall–Kier alpha value is -4.88. The summed E-state index contributed by atoms with van der Waals surface area (Å²) in [6.45, 7) is 9.20. The molecule has 9 nitrogen and oxygen atoms in total. The maximum atomic E-state index is 12.7. The summed E-state index contributed by atoms with van der Waals surface area (Å²) in [5.41, 5.74) is 16.1. The average molecular weight is 520 g/mol. The van der Waals surface area contributed by atoms with Gasteiger partial charge in [0, 0.05) is 43.3 Å². The number of nitrogens with two attached hydrogens (primary N) is 1. The van der Waals surface area contributed by atoms with Crippen molar-refractivity contribution in [1.29, 1.82) is 0 Å². The molecule has 1 aromatic heterocycles. The molecular weight excluding hydrogens is 490 g/mol. The summed E-state index contributed by atoms with van der Waals surface area (Å²) < 4.78 is 0. The maximum absolute atomic E-state index is 12.7. The number of aromatic nitrogens is 1. The van der Waals surface area contributed by atoms with E-state index in [2.05, 4.69) is 43.5 Å². The molecule has 0 unspecified atom stereocenters. The van der Waals surface area contributed by atoms with Crippen LogP contribution in [0, 0.1) is 12.8 Å². The van der Waals surface area contributed by atoms with Crippen LogP contribution in [0.5, 0.6) is 0 Å². The van der Waals surface area contributed by atoms with Crippen LogP contribution in [0.1, 0.15) is 35.0 Å². The number of fused-ring (bicyclic) bond motifs is 2. The minimum atomic E-state index is -0.250. The highest BCUT2D eigenvalue weighted by atomic mass is 16.2. The molecule has 3 aliphatic heterocycles. The number of carbonyl (C=O) groups excluding carboxylic acids is 2. The fourth-order valence-corrected chi connectivity index (χ4v) is 5.48. The molecule has 1 aliphatic carbocycles. The second-order valence-corrected chi connectivity index (χ2v) is 10.0. The van der Waals surface area contributed by atoms with Crippen molar-refractivity contribution in [2.75, 3.05) is 25.1 Å². The van der Waals surface area contributed by atoms with Crippen molar-refractivity contribution in [2.45, 2.75) is 20.3 Å². The number of hydrogen-bond donors (Lipinski definition) is 2. The van der Waals surface area contributed by atoms with Gasteiger partial charge in [0.05, 0.1) is 17.9 Å². The van der Waals surface area contributed by atoms with Crippen molar-refractivity contribution in [2.24, 2.45) is 16.6 Å². The van der Waals surface area contributed by atoms with Crippen LogP contribution in [0.4, 0.5) is 5.69 Å². The topological polar surface area (TPSA) is 107 Å².